The number of amides is 3. The van der Waals surface area contributed by atoms with E-state index in [4.69, 9.17) is 5.73 Å². The molecule has 2 aromatic carbocycles. The van der Waals surface area contributed by atoms with Crippen LogP contribution in [0.3, 0.4) is 0 Å². The van der Waals surface area contributed by atoms with Crippen molar-refractivity contribution in [2.24, 2.45) is 5.73 Å². The summed E-state index contributed by atoms with van der Waals surface area (Å²) in [5.41, 5.74) is 9.10. The summed E-state index contributed by atoms with van der Waals surface area (Å²) in [7, 11) is 3.12. The van der Waals surface area contributed by atoms with E-state index in [0.717, 1.165) is 36.6 Å². The highest BCUT2D eigenvalue weighted by Crippen LogP contribution is 2.30. The number of hydrogen-bond acceptors (Lipinski definition) is 10. The summed E-state index contributed by atoms with van der Waals surface area (Å²) in [5, 5.41) is 19.1. The molecule has 3 aromatic heterocycles. The molecule has 0 saturated heterocycles. The van der Waals surface area contributed by atoms with E-state index in [1.807, 2.05) is 36.4 Å². The fourth-order valence-corrected chi connectivity index (χ4v) is 6.17. The quantitative estimate of drug-likeness (QED) is 0.0819. The molecule has 14 heteroatoms. The Labute approximate surface area is 306 Å². The lowest BCUT2D eigenvalue weighted by Gasteiger charge is -2.27. The number of hydrogen-bond donors (Lipinski definition) is 7. The van der Waals surface area contributed by atoms with Crippen molar-refractivity contribution in [1.29, 1.82) is 0 Å². The Morgan fingerprint density at radius 3 is 2.02 bits per heavy atom. The number of pyridine rings is 3. The van der Waals surface area contributed by atoms with Gasteiger partial charge in [-0.2, -0.15) is 0 Å². The topological polar surface area (TPSA) is 188 Å². The second-order valence-corrected chi connectivity index (χ2v) is 12.9. The molecule has 3 heterocycles. The van der Waals surface area contributed by atoms with Gasteiger partial charge in [-0.15, -0.1) is 0 Å². The highest BCUT2D eigenvalue weighted by molar-refractivity contribution is 6.03. The molecule has 53 heavy (non-hydrogen) atoms. The predicted octanol–water partition coefficient (Wildman–Crippen LogP) is 6.28. The van der Waals surface area contributed by atoms with Crippen LogP contribution in [-0.4, -0.2) is 65.0 Å². The monoisotopic (exact) mass is 718 g/mol. The van der Waals surface area contributed by atoms with Crippen molar-refractivity contribution < 1.29 is 18.8 Å². The molecule has 2 atom stereocenters. The molecule has 2 saturated carbocycles. The zero-order valence-electron chi connectivity index (χ0n) is 29.6. The number of carbonyl (C=O) groups is 3. The standard InChI is InChI=1S/C21H22FN5O.C18H21N5O2/c1-23-21(28)14-12-24-20(11-18(14)25-17-8-4-6-15(17)22)27-19-10-9-13-5-2-3-7-16(13)26-19;1-20-18(25)13-10-21-16(22-11-5-4-6-11)9-15(13)23-14-8-3-2-7-12(14)17(19)24/h2-3,5,7,9-12,15,17H,4,6,8H2,1H3,(H,23,28)(H2,24,25,26,27);2-3,7-11H,4-6H2,1H3,(H2,19,24)(H,20,25)(H2,21,22,23)/t15-,17+;/m1./s1. The van der Waals surface area contributed by atoms with Gasteiger partial charge in [0, 0.05) is 50.0 Å². The number of para-hydroxylation sites is 2. The van der Waals surface area contributed by atoms with E-state index >= 15 is 0 Å². The van der Waals surface area contributed by atoms with Crippen LogP contribution in [0.25, 0.3) is 10.9 Å². The first kappa shape index (κ1) is 36.5. The van der Waals surface area contributed by atoms with Crippen LogP contribution in [0.4, 0.5) is 38.9 Å². The maximum absolute atomic E-state index is 14.1. The summed E-state index contributed by atoms with van der Waals surface area (Å²) >= 11 is 0. The number of benzene rings is 2. The summed E-state index contributed by atoms with van der Waals surface area (Å²) < 4.78 is 14.1. The molecule has 0 bridgehead atoms. The predicted molar refractivity (Wildman–Crippen MR) is 206 cm³/mol. The number of primary amides is 1. The molecule has 0 spiro atoms. The third kappa shape index (κ3) is 8.95. The van der Waals surface area contributed by atoms with Crippen LogP contribution in [0.5, 0.6) is 0 Å². The number of fused-ring (bicyclic) bond motifs is 1. The largest absolute Gasteiger partial charge is 0.379 e. The number of aromatic nitrogens is 3. The number of carbonyl (C=O) groups excluding carboxylic acids is 3. The maximum atomic E-state index is 14.1. The zero-order valence-corrected chi connectivity index (χ0v) is 29.6. The molecule has 0 unspecified atom stereocenters. The molecular weight excluding hydrogens is 675 g/mol. The fraction of sp³-hybridized carbons (Fsp3) is 0.282. The minimum absolute atomic E-state index is 0.262. The summed E-state index contributed by atoms with van der Waals surface area (Å²) in [6.07, 6.45) is 7.68. The number of anilines is 6. The number of halogens is 1. The van der Waals surface area contributed by atoms with Gasteiger partial charge in [0.2, 0.25) is 0 Å². The Bertz CT molecular complexity index is 2110. The minimum atomic E-state index is -0.913. The first-order valence-electron chi connectivity index (χ1n) is 17.6. The van der Waals surface area contributed by atoms with Gasteiger partial charge >= 0.3 is 0 Å². The molecule has 0 aliphatic heterocycles. The normalized spacial score (nSPS) is 16.4. The molecule has 274 valence electrons. The lowest BCUT2D eigenvalue weighted by atomic mass is 9.93. The number of nitrogens with zero attached hydrogens (tertiary/aromatic N) is 3. The lowest BCUT2D eigenvalue weighted by Crippen LogP contribution is -2.27. The zero-order chi connectivity index (χ0) is 37.3. The van der Waals surface area contributed by atoms with Crippen molar-refractivity contribution in [3.05, 3.63) is 102 Å². The average molecular weight is 719 g/mol. The first-order chi connectivity index (χ1) is 25.7. The van der Waals surface area contributed by atoms with Crippen LogP contribution in [0.2, 0.25) is 0 Å². The van der Waals surface area contributed by atoms with Gasteiger partial charge in [-0.1, -0.05) is 30.3 Å². The van der Waals surface area contributed by atoms with Gasteiger partial charge in [-0.25, -0.2) is 19.3 Å². The molecule has 2 fully saturated rings. The second-order valence-electron chi connectivity index (χ2n) is 12.9. The van der Waals surface area contributed by atoms with Crippen LogP contribution in [0.15, 0.2) is 85.2 Å². The third-order valence-corrected chi connectivity index (χ3v) is 9.30. The fourth-order valence-electron chi connectivity index (χ4n) is 6.17. The molecule has 13 nitrogen and oxygen atoms in total. The summed E-state index contributed by atoms with van der Waals surface area (Å²) in [5.74, 6) is 0.809. The van der Waals surface area contributed by atoms with E-state index in [1.165, 1.54) is 18.8 Å². The maximum Gasteiger partial charge on any atom is 0.254 e. The van der Waals surface area contributed by atoms with Crippen molar-refractivity contribution in [2.75, 3.05) is 35.4 Å². The van der Waals surface area contributed by atoms with Gasteiger partial charge in [0.05, 0.1) is 45.3 Å². The number of rotatable bonds is 11. The van der Waals surface area contributed by atoms with Gasteiger partial charge in [0.15, 0.2) is 0 Å². The van der Waals surface area contributed by atoms with Crippen molar-refractivity contribution >= 4 is 63.1 Å². The molecule has 3 amide bonds. The number of alkyl halides is 1. The van der Waals surface area contributed by atoms with Gasteiger partial charge < -0.3 is 37.6 Å². The molecule has 0 radical (unpaired) electrons. The molecule has 2 aliphatic rings. The van der Waals surface area contributed by atoms with Crippen molar-refractivity contribution in [2.45, 2.75) is 56.8 Å². The smallest absolute Gasteiger partial charge is 0.254 e. The Balaban J connectivity index is 0.000000183. The van der Waals surface area contributed by atoms with Gasteiger partial charge in [0.1, 0.15) is 23.6 Å². The van der Waals surface area contributed by atoms with Crippen LogP contribution in [0.1, 0.15) is 69.6 Å². The second kappa shape index (κ2) is 16.8. The van der Waals surface area contributed by atoms with E-state index in [1.54, 1.807) is 50.5 Å². The first-order valence-corrected chi connectivity index (χ1v) is 17.6. The van der Waals surface area contributed by atoms with Crippen molar-refractivity contribution in [1.82, 2.24) is 25.6 Å². The Morgan fingerprint density at radius 1 is 0.679 bits per heavy atom. The van der Waals surface area contributed by atoms with Crippen LogP contribution in [-0.2, 0) is 0 Å². The highest BCUT2D eigenvalue weighted by Gasteiger charge is 2.28. The van der Waals surface area contributed by atoms with E-state index in [2.05, 4.69) is 46.9 Å². The molecule has 8 N–H and O–H groups in total. The molecule has 7 rings (SSSR count). The summed E-state index contributed by atoms with van der Waals surface area (Å²) in [6.45, 7) is 0. The Kier molecular flexibility index (Phi) is 11.6. The van der Waals surface area contributed by atoms with Crippen LogP contribution in [0, 0.1) is 0 Å². The van der Waals surface area contributed by atoms with E-state index in [-0.39, 0.29) is 17.9 Å². The Hall–Kier alpha value is -6.31. The highest BCUT2D eigenvalue weighted by atomic mass is 19.1. The van der Waals surface area contributed by atoms with Gasteiger partial charge in [-0.05, 0) is 68.9 Å². The average Bonchev–Trinajstić information content (AvgIpc) is 3.56. The van der Waals surface area contributed by atoms with E-state index < -0.39 is 12.1 Å². The SMILES string of the molecule is CNC(=O)c1cnc(NC2CCC2)cc1Nc1ccccc1C(N)=O.CNC(=O)c1cnc(Nc2ccc3ccccc3n2)cc1N[C@H]1CCC[C@H]1F. The number of nitrogens with two attached hydrogens (primary N) is 1. The van der Waals surface area contributed by atoms with Gasteiger partial charge in [-0.3, -0.25) is 14.4 Å². The van der Waals surface area contributed by atoms with Crippen LogP contribution >= 0.6 is 0 Å². The summed E-state index contributed by atoms with van der Waals surface area (Å²) in [4.78, 5) is 49.2. The lowest BCUT2D eigenvalue weighted by molar-refractivity contribution is 0.0955. The minimum Gasteiger partial charge on any atom is -0.379 e. The number of nitrogens with one attached hydrogen (secondary N) is 6. The van der Waals surface area contributed by atoms with Crippen LogP contribution < -0.4 is 37.6 Å². The molecule has 5 aromatic rings. The van der Waals surface area contributed by atoms with Crippen molar-refractivity contribution in [3.8, 4) is 0 Å². The van der Waals surface area contributed by atoms with E-state index in [9.17, 15) is 18.8 Å². The summed E-state index contributed by atoms with van der Waals surface area (Å²) in [6, 6.07) is 22.2. The third-order valence-electron chi connectivity index (χ3n) is 9.30. The molecular formula is C39H43FN10O3. The molecule has 2 aliphatic carbocycles. The van der Waals surface area contributed by atoms with Crippen molar-refractivity contribution in [3.63, 3.8) is 0 Å². The van der Waals surface area contributed by atoms with Gasteiger partial charge in [0.25, 0.3) is 17.7 Å². The Morgan fingerprint density at radius 2 is 1.34 bits per heavy atom. The van der Waals surface area contributed by atoms with E-state index in [0.29, 0.717) is 63.7 Å².